The lowest BCUT2D eigenvalue weighted by molar-refractivity contribution is 0.0300. The van der Waals surface area contributed by atoms with E-state index in [0.717, 1.165) is 0 Å². The van der Waals surface area contributed by atoms with E-state index in [9.17, 15) is 14.0 Å². The van der Waals surface area contributed by atoms with Gasteiger partial charge in [0.05, 0.1) is 36.4 Å². The number of amides is 2. The van der Waals surface area contributed by atoms with Crippen molar-refractivity contribution in [2.24, 2.45) is 0 Å². The number of morpholine rings is 1. The number of fused-ring (bicyclic) bond motifs is 1. The van der Waals surface area contributed by atoms with Crippen LogP contribution < -0.4 is 5.32 Å². The predicted octanol–water partition coefficient (Wildman–Crippen LogP) is 2.69. The van der Waals surface area contributed by atoms with Crippen LogP contribution in [0.4, 0.5) is 9.18 Å². The number of nitrogens with zero attached hydrogens (tertiary/aromatic N) is 3. The molecule has 2 heterocycles. The van der Waals surface area contributed by atoms with Gasteiger partial charge in [-0.3, -0.25) is 4.79 Å². The Morgan fingerprint density at radius 2 is 1.97 bits per heavy atom. The standard InChI is InChI=1S/C20H27FN4O4/c1-5-25-16-10-13(18(26)24-6-8-28-9-7-24)14(21)11-15(16)23-17(25)12-22-19(27)29-20(2,3)4/h10-11H,5-9,12H2,1-4H3,(H,22,27). The molecule has 3 rings (SSSR count). The van der Waals surface area contributed by atoms with Gasteiger partial charge < -0.3 is 24.3 Å². The molecule has 29 heavy (non-hydrogen) atoms. The highest BCUT2D eigenvalue weighted by atomic mass is 19.1. The first kappa shape index (κ1) is 21.0. The highest BCUT2D eigenvalue weighted by molar-refractivity contribution is 5.98. The molecule has 0 bridgehead atoms. The third kappa shape index (κ3) is 4.84. The van der Waals surface area contributed by atoms with Crippen LogP contribution >= 0.6 is 0 Å². The molecule has 0 saturated carbocycles. The van der Waals surface area contributed by atoms with Gasteiger partial charge in [-0.05, 0) is 33.8 Å². The Kier molecular flexibility index (Phi) is 6.07. The number of rotatable bonds is 4. The summed E-state index contributed by atoms with van der Waals surface area (Å²) in [5.74, 6) is -0.407. The van der Waals surface area contributed by atoms with Crippen molar-refractivity contribution in [2.45, 2.75) is 46.4 Å². The van der Waals surface area contributed by atoms with Gasteiger partial charge in [0.2, 0.25) is 0 Å². The van der Waals surface area contributed by atoms with Crippen LogP contribution in [0.5, 0.6) is 0 Å². The van der Waals surface area contributed by atoms with Gasteiger partial charge in [-0.2, -0.15) is 0 Å². The minimum Gasteiger partial charge on any atom is -0.444 e. The van der Waals surface area contributed by atoms with Crippen LogP contribution in [0.25, 0.3) is 11.0 Å². The van der Waals surface area contributed by atoms with Crippen LogP contribution in [0.2, 0.25) is 0 Å². The van der Waals surface area contributed by atoms with Gasteiger partial charge in [0.15, 0.2) is 0 Å². The molecule has 0 atom stereocenters. The van der Waals surface area contributed by atoms with Gasteiger partial charge in [-0.25, -0.2) is 14.2 Å². The monoisotopic (exact) mass is 406 g/mol. The van der Waals surface area contributed by atoms with E-state index in [1.54, 1.807) is 25.7 Å². The molecule has 0 spiro atoms. The third-order valence-corrected chi connectivity index (χ3v) is 4.55. The summed E-state index contributed by atoms with van der Waals surface area (Å²) in [5, 5.41) is 2.67. The minimum atomic E-state index is -0.610. The number of aryl methyl sites for hydroxylation is 1. The van der Waals surface area contributed by atoms with E-state index in [4.69, 9.17) is 9.47 Å². The average Bonchev–Trinajstić information content (AvgIpc) is 3.00. The molecule has 0 radical (unpaired) electrons. The third-order valence-electron chi connectivity index (χ3n) is 4.55. The second-order valence-electron chi connectivity index (χ2n) is 7.85. The fraction of sp³-hybridized carbons (Fsp3) is 0.550. The smallest absolute Gasteiger partial charge is 0.408 e. The molecule has 1 fully saturated rings. The van der Waals surface area contributed by atoms with Gasteiger partial charge in [0.1, 0.15) is 17.2 Å². The summed E-state index contributed by atoms with van der Waals surface area (Å²) in [6, 6.07) is 2.81. The Morgan fingerprint density at radius 3 is 2.59 bits per heavy atom. The lowest BCUT2D eigenvalue weighted by Crippen LogP contribution is -2.41. The highest BCUT2D eigenvalue weighted by Gasteiger charge is 2.24. The Balaban J connectivity index is 1.86. The zero-order chi connectivity index (χ0) is 21.2. The van der Waals surface area contributed by atoms with Crippen LogP contribution in [0, 0.1) is 5.82 Å². The topological polar surface area (TPSA) is 85.7 Å². The molecule has 1 saturated heterocycles. The van der Waals surface area contributed by atoms with Crippen molar-refractivity contribution < 1.29 is 23.5 Å². The molecule has 8 nitrogen and oxygen atoms in total. The summed E-state index contributed by atoms with van der Waals surface area (Å²) in [4.78, 5) is 30.7. The Bertz CT molecular complexity index is 913. The molecular formula is C20H27FN4O4. The van der Waals surface area contributed by atoms with Crippen molar-refractivity contribution in [3.8, 4) is 0 Å². The summed E-state index contributed by atoms with van der Waals surface area (Å²) in [5.41, 5.74) is 0.489. The number of nitrogens with one attached hydrogen (secondary N) is 1. The number of hydrogen-bond acceptors (Lipinski definition) is 5. The second-order valence-corrected chi connectivity index (χ2v) is 7.85. The number of carbonyl (C=O) groups is 2. The van der Waals surface area contributed by atoms with E-state index in [-0.39, 0.29) is 18.0 Å². The van der Waals surface area contributed by atoms with Crippen LogP contribution in [0.3, 0.4) is 0 Å². The molecule has 0 unspecified atom stereocenters. The zero-order valence-electron chi connectivity index (χ0n) is 17.2. The molecule has 1 aliphatic heterocycles. The van der Waals surface area contributed by atoms with E-state index < -0.39 is 17.5 Å². The molecule has 1 aromatic heterocycles. The molecular weight excluding hydrogens is 379 g/mol. The maximum absolute atomic E-state index is 14.7. The first-order valence-electron chi connectivity index (χ1n) is 9.72. The van der Waals surface area contributed by atoms with Crippen molar-refractivity contribution in [1.29, 1.82) is 0 Å². The zero-order valence-corrected chi connectivity index (χ0v) is 17.2. The van der Waals surface area contributed by atoms with Gasteiger partial charge >= 0.3 is 6.09 Å². The van der Waals surface area contributed by atoms with E-state index in [0.29, 0.717) is 49.7 Å². The maximum atomic E-state index is 14.7. The summed E-state index contributed by atoms with van der Waals surface area (Å²) in [7, 11) is 0. The molecule has 0 aliphatic carbocycles. The lowest BCUT2D eigenvalue weighted by atomic mass is 10.1. The Labute approximate surface area is 169 Å². The van der Waals surface area contributed by atoms with Crippen LogP contribution in [-0.4, -0.2) is 58.4 Å². The van der Waals surface area contributed by atoms with Gasteiger partial charge in [0.25, 0.3) is 5.91 Å². The van der Waals surface area contributed by atoms with Crippen LogP contribution in [-0.2, 0) is 22.6 Å². The van der Waals surface area contributed by atoms with Crippen molar-refractivity contribution in [2.75, 3.05) is 26.3 Å². The summed E-state index contributed by atoms with van der Waals surface area (Å²) in [6.45, 7) is 9.72. The Morgan fingerprint density at radius 1 is 1.28 bits per heavy atom. The number of ether oxygens (including phenoxy) is 2. The highest BCUT2D eigenvalue weighted by Crippen LogP contribution is 2.22. The van der Waals surface area contributed by atoms with Gasteiger partial charge in [-0.15, -0.1) is 0 Å². The maximum Gasteiger partial charge on any atom is 0.408 e. The molecule has 158 valence electrons. The Hall–Kier alpha value is -2.68. The average molecular weight is 406 g/mol. The van der Waals surface area contributed by atoms with Crippen LogP contribution in [0.1, 0.15) is 43.9 Å². The van der Waals surface area contributed by atoms with E-state index in [1.807, 2.05) is 11.5 Å². The fourth-order valence-electron chi connectivity index (χ4n) is 3.25. The van der Waals surface area contributed by atoms with E-state index >= 15 is 0 Å². The van der Waals surface area contributed by atoms with Crippen molar-refractivity contribution in [1.82, 2.24) is 19.8 Å². The molecule has 9 heteroatoms. The van der Waals surface area contributed by atoms with Crippen molar-refractivity contribution in [3.63, 3.8) is 0 Å². The van der Waals surface area contributed by atoms with Crippen molar-refractivity contribution in [3.05, 3.63) is 29.3 Å². The summed E-state index contributed by atoms with van der Waals surface area (Å²) >= 11 is 0. The van der Waals surface area contributed by atoms with E-state index in [2.05, 4.69) is 10.3 Å². The number of hydrogen-bond donors (Lipinski definition) is 1. The minimum absolute atomic E-state index is 0.0145. The van der Waals surface area contributed by atoms with Gasteiger partial charge in [0, 0.05) is 25.7 Å². The lowest BCUT2D eigenvalue weighted by Gasteiger charge is -2.27. The predicted molar refractivity (Wildman–Crippen MR) is 105 cm³/mol. The molecule has 1 N–H and O–H groups in total. The normalized spacial score (nSPS) is 14.9. The second kappa shape index (κ2) is 8.36. The molecule has 2 amide bonds. The van der Waals surface area contributed by atoms with Crippen LogP contribution in [0.15, 0.2) is 12.1 Å². The number of alkyl carbamates (subject to hydrolysis) is 1. The molecule has 1 aromatic carbocycles. The largest absolute Gasteiger partial charge is 0.444 e. The quantitative estimate of drug-likeness (QED) is 0.844. The summed E-state index contributed by atoms with van der Waals surface area (Å²) < 4.78 is 27.0. The number of halogens is 1. The molecule has 2 aromatic rings. The number of aromatic nitrogens is 2. The number of benzene rings is 1. The van der Waals surface area contributed by atoms with Gasteiger partial charge in [-0.1, -0.05) is 0 Å². The van der Waals surface area contributed by atoms with Crippen molar-refractivity contribution >= 4 is 23.0 Å². The first-order valence-corrected chi connectivity index (χ1v) is 9.72. The SMILES string of the molecule is CCn1c(CNC(=O)OC(C)(C)C)nc2cc(F)c(C(=O)N3CCOCC3)cc21. The fourth-order valence-corrected chi connectivity index (χ4v) is 3.25. The number of carbonyl (C=O) groups excluding carboxylic acids is 2. The summed E-state index contributed by atoms with van der Waals surface area (Å²) in [6.07, 6.45) is -0.554. The number of imidazole rings is 1. The molecule has 1 aliphatic rings. The van der Waals surface area contributed by atoms with E-state index in [1.165, 1.54) is 12.1 Å². The first-order chi connectivity index (χ1) is 13.7.